The molecule has 0 aliphatic heterocycles. The van der Waals surface area contributed by atoms with E-state index in [9.17, 15) is 14.3 Å². The number of phosphoric ester groups is 1. The number of nitrogens with two attached hydrogens (primary N) is 1. The molecule has 0 aromatic rings. The highest BCUT2D eigenvalue weighted by molar-refractivity contribution is 7.47. The summed E-state index contributed by atoms with van der Waals surface area (Å²) in [6, 6.07) is 0. The van der Waals surface area contributed by atoms with Crippen molar-refractivity contribution in [1.82, 2.24) is 0 Å². The summed E-state index contributed by atoms with van der Waals surface area (Å²) in [6.45, 7) is 5.02. The lowest BCUT2D eigenvalue weighted by Gasteiger charge is -2.20. The molecule has 0 fully saturated rings. The molecule has 0 saturated heterocycles. The van der Waals surface area contributed by atoms with Crippen LogP contribution < -0.4 is 5.73 Å². The summed E-state index contributed by atoms with van der Waals surface area (Å²) in [5, 5.41) is 0. The quantitative estimate of drug-likeness (QED) is 0.0352. The third kappa shape index (κ3) is 52.5. The number of unbranched alkanes of at least 4 members (excludes halogenated alkanes) is 43. The van der Waals surface area contributed by atoms with Crippen molar-refractivity contribution in [2.75, 3.05) is 33.0 Å². The number of phosphoric acid groups is 1. The second-order valence-electron chi connectivity index (χ2n) is 19.5. The summed E-state index contributed by atoms with van der Waals surface area (Å²) in [7, 11) is -4.28. The van der Waals surface area contributed by atoms with Gasteiger partial charge in [-0.3, -0.25) is 13.8 Å². The van der Waals surface area contributed by atoms with Gasteiger partial charge in [0.2, 0.25) is 0 Å². The number of hydrogen-bond acceptors (Lipinski definition) is 7. The molecule has 2 unspecified atom stereocenters. The first-order chi connectivity index (χ1) is 31.4. The molecular formula is C55H112NO7P. The molecule has 0 rings (SSSR count). The predicted octanol–water partition coefficient (Wildman–Crippen LogP) is 18.0. The van der Waals surface area contributed by atoms with Crippen LogP contribution in [0, 0.1) is 0 Å². The Morgan fingerprint density at radius 2 is 0.688 bits per heavy atom. The number of ether oxygens (including phenoxy) is 2. The molecule has 8 nitrogen and oxygen atoms in total. The number of hydrogen-bond donors (Lipinski definition) is 2. The molecule has 9 heteroatoms. The number of carbonyl (C=O) groups excluding carboxylic acids is 1. The Kier molecular flexibility index (Phi) is 53.0. The van der Waals surface area contributed by atoms with E-state index < -0.39 is 13.9 Å². The maximum Gasteiger partial charge on any atom is 0.472 e. The van der Waals surface area contributed by atoms with Crippen molar-refractivity contribution in [1.29, 1.82) is 0 Å². The zero-order chi connectivity index (χ0) is 46.5. The van der Waals surface area contributed by atoms with E-state index in [1.54, 1.807) is 0 Å². The maximum atomic E-state index is 12.7. The zero-order valence-electron chi connectivity index (χ0n) is 43.1. The van der Waals surface area contributed by atoms with Crippen molar-refractivity contribution in [2.24, 2.45) is 5.73 Å². The van der Waals surface area contributed by atoms with E-state index in [0.29, 0.717) is 13.0 Å². The molecule has 0 bridgehead atoms. The molecule has 2 atom stereocenters. The van der Waals surface area contributed by atoms with Crippen LogP contribution in [0.4, 0.5) is 0 Å². The van der Waals surface area contributed by atoms with Crippen LogP contribution in [0.25, 0.3) is 0 Å². The van der Waals surface area contributed by atoms with Crippen LogP contribution in [0.15, 0.2) is 0 Å². The Bertz CT molecular complexity index is 955. The summed E-state index contributed by atoms with van der Waals surface area (Å²) in [6.07, 6.45) is 60.1. The topological polar surface area (TPSA) is 117 Å². The fourth-order valence-electron chi connectivity index (χ4n) is 8.83. The monoisotopic (exact) mass is 930 g/mol. The van der Waals surface area contributed by atoms with E-state index in [-0.39, 0.29) is 32.3 Å². The molecule has 64 heavy (non-hydrogen) atoms. The first-order valence-corrected chi connectivity index (χ1v) is 30.0. The van der Waals surface area contributed by atoms with Gasteiger partial charge in [0.05, 0.1) is 19.8 Å². The van der Waals surface area contributed by atoms with Crippen LogP contribution in [-0.4, -0.2) is 49.9 Å². The van der Waals surface area contributed by atoms with Crippen LogP contribution in [0.3, 0.4) is 0 Å². The molecule has 0 aliphatic carbocycles. The third-order valence-corrected chi connectivity index (χ3v) is 14.0. The van der Waals surface area contributed by atoms with Gasteiger partial charge in [-0.25, -0.2) is 4.57 Å². The normalized spacial score (nSPS) is 13.1. The van der Waals surface area contributed by atoms with Gasteiger partial charge in [0, 0.05) is 19.6 Å². The van der Waals surface area contributed by atoms with Crippen molar-refractivity contribution in [3.05, 3.63) is 0 Å². The first-order valence-electron chi connectivity index (χ1n) is 28.5. The summed E-state index contributed by atoms with van der Waals surface area (Å²) in [5.74, 6) is -0.319. The molecule has 0 amide bonds. The van der Waals surface area contributed by atoms with Gasteiger partial charge in [-0.15, -0.1) is 0 Å². The number of carbonyl (C=O) groups is 1. The SMILES string of the molecule is CCCCCCCCCCCCCCCCCCCCCCCCCCCC(=O)OC(COCCCCCCCCCCCCCCCCCCCCCC)COP(=O)(O)OCCN. The van der Waals surface area contributed by atoms with Crippen molar-refractivity contribution in [2.45, 2.75) is 315 Å². The minimum Gasteiger partial charge on any atom is -0.457 e. The molecule has 0 heterocycles. The highest BCUT2D eigenvalue weighted by atomic mass is 31.2. The van der Waals surface area contributed by atoms with Gasteiger partial charge in [-0.1, -0.05) is 290 Å². The van der Waals surface area contributed by atoms with E-state index >= 15 is 0 Å². The fraction of sp³-hybridized carbons (Fsp3) is 0.982. The molecular weight excluding hydrogens is 818 g/mol. The van der Waals surface area contributed by atoms with Gasteiger partial charge in [-0.05, 0) is 12.8 Å². The standard InChI is InChI=1S/C55H112NO7P/c1-3-5-7-9-11-13-15-17-19-21-23-25-26-27-28-29-30-32-34-36-38-40-42-44-46-48-55(57)63-54(53-62-64(58,59)61-51-49-56)52-60-50-47-45-43-41-39-37-35-33-31-24-22-20-18-16-14-12-10-8-6-4-2/h54H,3-53,56H2,1-2H3,(H,58,59). The molecule has 3 N–H and O–H groups in total. The van der Waals surface area contributed by atoms with Gasteiger partial charge < -0.3 is 20.1 Å². The average molecular weight is 930 g/mol. The Morgan fingerprint density at radius 3 is 0.984 bits per heavy atom. The lowest BCUT2D eigenvalue weighted by molar-refractivity contribution is -0.154. The van der Waals surface area contributed by atoms with Crippen molar-refractivity contribution < 1.29 is 32.8 Å². The second-order valence-corrected chi connectivity index (χ2v) is 21.0. The molecule has 384 valence electrons. The van der Waals surface area contributed by atoms with Crippen molar-refractivity contribution in [3.63, 3.8) is 0 Å². The minimum absolute atomic E-state index is 0.0895. The van der Waals surface area contributed by atoms with Crippen molar-refractivity contribution >= 4 is 13.8 Å². The van der Waals surface area contributed by atoms with Crippen LogP contribution in [0.5, 0.6) is 0 Å². The highest BCUT2D eigenvalue weighted by Gasteiger charge is 2.25. The van der Waals surface area contributed by atoms with Gasteiger partial charge >= 0.3 is 13.8 Å². The molecule has 0 aromatic heterocycles. The van der Waals surface area contributed by atoms with E-state index in [1.165, 1.54) is 257 Å². The summed E-state index contributed by atoms with van der Waals surface area (Å²) in [4.78, 5) is 22.7. The van der Waals surface area contributed by atoms with Crippen molar-refractivity contribution in [3.8, 4) is 0 Å². The zero-order valence-corrected chi connectivity index (χ0v) is 44.0. The smallest absolute Gasteiger partial charge is 0.457 e. The summed E-state index contributed by atoms with van der Waals surface area (Å²) in [5.41, 5.74) is 5.40. The van der Waals surface area contributed by atoms with E-state index in [2.05, 4.69) is 13.8 Å². The molecule has 0 spiro atoms. The summed E-state index contributed by atoms with van der Waals surface area (Å²) < 4.78 is 33.7. The fourth-order valence-corrected chi connectivity index (χ4v) is 9.59. The molecule has 0 aliphatic rings. The minimum atomic E-state index is -4.28. The van der Waals surface area contributed by atoms with Gasteiger partial charge in [0.15, 0.2) is 0 Å². The number of rotatable bonds is 56. The maximum absolute atomic E-state index is 12.7. The second kappa shape index (κ2) is 53.5. The number of esters is 1. The Morgan fingerprint density at radius 1 is 0.406 bits per heavy atom. The van der Waals surface area contributed by atoms with E-state index in [4.69, 9.17) is 24.3 Å². The Hall–Kier alpha value is -0.500. The summed E-state index contributed by atoms with van der Waals surface area (Å²) >= 11 is 0. The van der Waals surface area contributed by atoms with Crippen LogP contribution >= 0.6 is 7.82 Å². The largest absolute Gasteiger partial charge is 0.472 e. The highest BCUT2D eigenvalue weighted by Crippen LogP contribution is 2.43. The lowest BCUT2D eigenvalue weighted by atomic mass is 10.0. The molecule has 0 saturated carbocycles. The predicted molar refractivity (Wildman–Crippen MR) is 275 cm³/mol. The van der Waals surface area contributed by atoms with E-state index in [0.717, 1.165) is 32.1 Å². The van der Waals surface area contributed by atoms with Crippen LogP contribution in [-0.2, 0) is 27.9 Å². The Balaban J connectivity index is 3.81. The third-order valence-electron chi connectivity index (χ3n) is 13.0. The van der Waals surface area contributed by atoms with Gasteiger partial charge in [0.1, 0.15) is 6.10 Å². The molecule has 0 radical (unpaired) electrons. The lowest BCUT2D eigenvalue weighted by Crippen LogP contribution is -2.28. The van der Waals surface area contributed by atoms with E-state index in [1.807, 2.05) is 0 Å². The van der Waals surface area contributed by atoms with Gasteiger partial charge in [-0.2, -0.15) is 0 Å². The first kappa shape index (κ1) is 63.5. The van der Waals surface area contributed by atoms with Crippen LogP contribution in [0.2, 0.25) is 0 Å². The van der Waals surface area contributed by atoms with Crippen LogP contribution in [0.1, 0.15) is 309 Å². The average Bonchev–Trinajstić information content (AvgIpc) is 3.29. The molecule has 0 aromatic carbocycles. The Labute approximate surface area is 399 Å². The van der Waals surface area contributed by atoms with Gasteiger partial charge in [0.25, 0.3) is 0 Å².